The van der Waals surface area contributed by atoms with Crippen LogP contribution in [0.2, 0.25) is 0 Å². The van der Waals surface area contributed by atoms with Gasteiger partial charge in [-0.2, -0.15) is 0 Å². The number of ether oxygens (including phenoxy) is 1. The van der Waals surface area contributed by atoms with Crippen molar-refractivity contribution in [2.24, 2.45) is 0 Å². The molecule has 1 atom stereocenters. The largest absolute Gasteiger partial charge is 0.496 e. The molecule has 0 aliphatic carbocycles. The van der Waals surface area contributed by atoms with Crippen LogP contribution in [0.1, 0.15) is 18.7 Å². The Bertz CT molecular complexity index is 462. The third-order valence-corrected chi connectivity index (χ3v) is 2.76. The third kappa shape index (κ3) is 1.70. The standard InChI is InChI=1S/C12H16N2O/c1-8(13-2)11-7-9-10(14-11)5-4-6-12(9)15-3/h4-8,13-14H,1-3H3. The van der Waals surface area contributed by atoms with Gasteiger partial charge in [-0.05, 0) is 32.2 Å². The molecule has 0 radical (unpaired) electrons. The SMILES string of the molecule is CNC(C)c1cc2c(OC)cccc2[nH]1. The molecule has 2 aromatic rings. The van der Waals surface area contributed by atoms with Crippen molar-refractivity contribution in [3.63, 3.8) is 0 Å². The van der Waals surface area contributed by atoms with Crippen molar-refractivity contribution < 1.29 is 4.74 Å². The van der Waals surface area contributed by atoms with E-state index in [1.54, 1.807) is 7.11 Å². The van der Waals surface area contributed by atoms with Crippen LogP contribution >= 0.6 is 0 Å². The highest BCUT2D eigenvalue weighted by Crippen LogP contribution is 2.27. The van der Waals surface area contributed by atoms with Crippen LogP contribution in [-0.2, 0) is 0 Å². The van der Waals surface area contributed by atoms with Crippen molar-refractivity contribution in [1.29, 1.82) is 0 Å². The molecule has 0 aliphatic rings. The van der Waals surface area contributed by atoms with E-state index in [-0.39, 0.29) is 0 Å². The van der Waals surface area contributed by atoms with Gasteiger partial charge in [-0.3, -0.25) is 0 Å². The lowest BCUT2D eigenvalue weighted by atomic mass is 10.2. The molecule has 0 saturated heterocycles. The van der Waals surface area contributed by atoms with Crippen LogP contribution in [0.5, 0.6) is 5.75 Å². The fourth-order valence-corrected chi connectivity index (χ4v) is 1.72. The summed E-state index contributed by atoms with van der Waals surface area (Å²) in [7, 11) is 3.65. The van der Waals surface area contributed by atoms with Crippen molar-refractivity contribution in [1.82, 2.24) is 10.3 Å². The summed E-state index contributed by atoms with van der Waals surface area (Å²) in [5, 5.41) is 4.34. The number of rotatable bonds is 3. The summed E-state index contributed by atoms with van der Waals surface area (Å²) in [4.78, 5) is 3.38. The van der Waals surface area contributed by atoms with Crippen molar-refractivity contribution in [3.8, 4) is 5.75 Å². The minimum Gasteiger partial charge on any atom is -0.496 e. The first-order valence-corrected chi connectivity index (χ1v) is 5.09. The van der Waals surface area contributed by atoms with Gasteiger partial charge >= 0.3 is 0 Å². The van der Waals surface area contributed by atoms with E-state index in [1.807, 2.05) is 19.2 Å². The van der Waals surface area contributed by atoms with E-state index in [2.05, 4.69) is 29.4 Å². The Labute approximate surface area is 89.4 Å². The summed E-state index contributed by atoms with van der Waals surface area (Å²) >= 11 is 0. The van der Waals surface area contributed by atoms with Crippen LogP contribution in [0, 0.1) is 0 Å². The molecule has 1 heterocycles. The van der Waals surface area contributed by atoms with Gasteiger partial charge < -0.3 is 15.0 Å². The number of hydrogen-bond acceptors (Lipinski definition) is 2. The quantitative estimate of drug-likeness (QED) is 0.805. The van der Waals surface area contributed by atoms with Gasteiger partial charge in [0.2, 0.25) is 0 Å². The normalized spacial score (nSPS) is 13.0. The Balaban J connectivity index is 2.55. The Morgan fingerprint density at radius 1 is 1.40 bits per heavy atom. The first-order chi connectivity index (χ1) is 7.26. The summed E-state index contributed by atoms with van der Waals surface area (Å²) in [6.07, 6.45) is 0. The van der Waals surface area contributed by atoms with Gasteiger partial charge in [0.15, 0.2) is 0 Å². The second-order valence-electron chi connectivity index (χ2n) is 3.66. The molecule has 3 nitrogen and oxygen atoms in total. The molecule has 1 aromatic heterocycles. The predicted molar refractivity (Wildman–Crippen MR) is 62.3 cm³/mol. The van der Waals surface area contributed by atoms with Crippen LogP contribution in [0.4, 0.5) is 0 Å². The van der Waals surface area contributed by atoms with E-state index >= 15 is 0 Å². The zero-order valence-corrected chi connectivity index (χ0v) is 9.29. The van der Waals surface area contributed by atoms with Crippen molar-refractivity contribution >= 4 is 10.9 Å². The lowest BCUT2D eigenvalue weighted by molar-refractivity contribution is 0.420. The second-order valence-corrected chi connectivity index (χ2v) is 3.66. The van der Waals surface area contributed by atoms with Crippen LogP contribution in [0.3, 0.4) is 0 Å². The van der Waals surface area contributed by atoms with Gasteiger partial charge in [-0.1, -0.05) is 6.07 Å². The maximum absolute atomic E-state index is 5.31. The summed E-state index contributed by atoms with van der Waals surface area (Å²) in [5.41, 5.74) is 2.29. The number of H-pyrrole nitrogens is 1. The Morgan fingerprint density at radius 2 is 2.20 bits per heavy atom. The van der Waals surface area contributed by atoms with Gasteiger partial charge in [0, 0.05) is 22.6 Å². The number of aromatic nitrogens is 1. The molecule has 3 heteroatoms. The summed E-state index contributed by atoms with van der Waals surface area (Å²) in [6, 6.07) is 8.48. The zero-order valence-electron chi connectivity index (χ0n) is 9.29. The number of nitrogens with one attached hydrogen (secondary N) is 2. The lowest BCUT2D eigenvalue weighted by Gasteiger charge is -2.06. The highest BCUT2D eigenvalue weighted by molar-refractivity contribution is 5.86. The first kappa shape index (κ1) is 10.1. The summed E-state index contributed by atoms with van der Waals surface area (Å²) < 4.78 is 5.31. The third-order valence-electron chi connectivity index (χ3n) is 2.76. The molecule has 0 fully saturated rings. The molecular weight excluding hydrogens is 188 g/mol. The fraction of sp³-hybridized carbons (Fsp3) is 0.333. The van der Waals surface area contributed by atoms with Crippen molar-refractivity contribution in [2.45, 2.75) is 13.0 Å². The van der Waals surface area contributed by atoms with E-state index in [9.17, 15) is 0 Å². The van der Waals surface area contributed by atoms with E-state index < -0.39 is 0 Å². The Morgan fingerprint density at radius 3 is 2.87 bits per heavy atom. The van der Waals surface area contributed by atoms with E-state index in [0.717, 1.165) is 16.7 Å². The molecule has 15 heavy (non-hydrogen) atoms. The van der Waals surface area contributed by atoms with Gasteiger partial charge in [-0.15, -0.1) is 0 Å². The topological polar surface area (TPSA) is 37.0 Å². The predicted octanol–water partition coefficient (Wildman–Crippen LogP) is 2.46. The average Bonchev–Trinajstić information content (AvgIpc) is 2.71. The molecule has 1 unspecified atom stereocenters. The molecule has 0 amide bonds. The molecule has 80 valence electrons. The molecular formula is C12H16N2O. The molecule has 2 rings (SSSR count). The summed E-state index contributed by atoms with van der Waals surface area (Å²) in [6.45, 7) is 2.12. The Kier molecular flexibility index (Phi) is 2.64. The molecule has 0 bridgehead atoms. The number of aromatic amines is 1. The number of benzene rings is 1. The molecule has 0 aliphatic heterocycles. The minimum absolute atomic E-state index is 0.321. The van der Waals surface area contributed by atoms with Gasteiger partial charge in [0.25, 0.3) is 0 Å². The van der Waals surface area contributed by atoms with Crippen LogP contribution in [0.25, 0.3) is 10.9 Å². The lowest BCUT2D eigenvalue weighted by Crippen LogP contribution is -2.12. The molecule has 2 N–H and O–H groups in total. The number of methoxy groups -OCH3 is 1. The minimum atomic E-state index is 0.321. The van der Waals surface area contributed by atoms with Crippen LogP contribution in [-0.4, -0.2) is 19.1 Å². The van der Waals surface area contributed by atoms with E-state index in [1.165, 1.54) is 5.69 Å². The molecule has 0 saturated carbocycles. The van der Waals surface area contributed by atoms with E-state index in [4.69, 9.17) is 4.74 Å². The first-order valence-electron chi connectivity index (χ1n) is 5.09. The Hall–Kier alpha value is -1.48. The van der Waals surface area contributed by atoms with Crippen LogP contribution in [0.15, 0.2) is 24.3 Å². The van der Waals surface area contributed by atoms with E-state index in [0.29, 0.717) is 6.04 Å². The highest BCUT2D eigenvalue weighted by Gasteiger charge is 2.09. The van der Waals surface area contributed by atoms with Crippen molar-refractivity contribution in [2.75, 3.05) is 14.2 Å². The van der Waals surface area contributed by atoms with Crippen LogP contribution < -0.4 is 10.1 Å². The molecule has 1 aromatic carbocycles. The smallest absolute Gasteiger partial charge is 0.128 e. The maximum atomic E-state index is 5.31. The fourth-order valence-electron chi connectivity index (χ4n) is 1.72. The molecule has 0 spiro atoms. The van der Waals surface area contributed by atoms with Gasteiger partial charge in [0.05, 0.1) is 7.11 Å². The summed E-state index contributed by atoms with van der Waals surface area (Å²) in [5.74, 6) is 0.915. The number of hydrogen-bond donors (Lipinski definition) is 2. The highest BCUT2D eigenvalue weighted by atomic mass is 16.5. The van der Waals surface area contributed by atoms with Crippen molar-refractivity contribution in [3.05, 3.63) is 30.0 Å². The second kappa shape index (κ2) is 3.95. The average molecular weight is 204 g/mol. The van der Waals surface area contributed by atoms with Gasteiger partial charge in [-0.25, -0.2) is 0 Å². The maximum Gasteiger partial charge on any atom is 0.128 e. The monoisotopic (exact) mass is 204 g/mol. The number of fused-ring (bicyclic) bond motifs is 1. The zero-order chi connectivity index (χ0) is 10.8. The van der Waals surface area contributed by atoms with Gasteiger partial charge in [0.1, 0.15) is 5.75 Å².